The molecule has 0 aliphatic rings. The minimum absolute atomic E-state index is 0.870. The number of ether oxygens (including phenoxy) is 2. The Bertz CT molecular complexity index is 480. The van der Waals surface area contributed by atoms with Crippen molar-refractivity contribution in [2.75, 3.05) is 14.2 Å². The van der Waals surface area contributed by atoms with E-state index < -0.39 is 0 Å². The van der Waals surface area contributed by atoms with Crippen molar-refractivity contribution in [2.24, 2.45) is 0 Å². The summed E-state index contributed by atoms with van der Waals surface area (Å²) in [6.07, 6.45) is 0. The molecule has 3 heteroatoms. The van der Waals surface area contributed by atoms with Crippen LogP contribution in [0.25, 0.3) is 0 Å². The quantitative estimate of drug-likeness (QED) is 0.816. The van der Waals surface area contributed by atoms with Gasteiger partial charge in [0.2, 0.25) is 0 Å². The molecule has 2 rings (SSSR count). The number of para-hydroxylation sites is 1. The average molecular weight is 246 g/mol. The number of benzene rings is 2. The molecule has 0 bridgehead atoms. The summed E-state index contributed by atoms with van der Waals surface area (Å²) >= 11 is 1.68. The molecule has 0 saturated heterocycles. The molecular weight excluding hydrogens is 232 g/mol. The third-order valence-electron chi connectivity index (χ3n) is 2.36. The highest BCUT2D eigenvalue weighted by molar-refractivity contribution is 7.99. The fourth-order valence-corrected chi connectivity index (χ4v) is 2.40. The lowest BCUT2D eigenvalue weighted by atomic mass is 10.3. The fraction of sp³-hybridized carbons (Fsp3) is 0.143. The molecule has 2 aromatic carbocycles. The highest BCUT2D eigenvalue weighted by atomic mass is 32.2. The summed E-state index contributed by atoms with van der Waals surface area (Å²) in [6, 6.07) is 16.0. The second kappa shape index (κ2) is 5.64. The Hall–Kier alpha value is -1.61. The highest BCUT2D eigenvalue weighted by Crippen LogP contribution is 2.35. The van der Waals surface area contributed by atoms with E-state index in [-0.39, 0.29) is 0 Å². The molecule has 88 valence electrons. The lowest BCUT2D eigenvalue weighted by Crippen LogP contribution is -1.85. The summed E-state index contributed by atoms with van der Waals surface area (Å²) in [5, 5.41) is 0. The first kappa shape index (κ1) is 11.9. The lowest BCUT2D eigenvalue weighted by Gasteiger charge is -2.07. The zero-order valence-corrected chi connectivity index (χ0v) is 10.7. The molecule has 0 radical (unpaired) electrons. The zero-order chi connectivity index (χ0) is 12.1. The molecule has 0 saturated carbocycles. The number of hydrogen-bond donors (Lipinski definition) is 0. The predicted octanol–water partition coefficient (Wildman–Crippen LogP) is 3.86. The summed E-state index contributed by atoms with van der Waals surface area (Å²) < 4.78 is 10.4. The van der Waals surface area contributed by atoms with Crippen LogP contribution in [-0.2, 0) is 0 Å². The summed E-state index contributed by atoms with van der Waals surface area (Å²) in [5.74, 6) is 1.77. The van der Waals surface area contributed by atoms with Crippen LogP contribution < -0.4 is 9.47 Å². The maximum atomic E-state index is 5.32. The Morgan fingerprint density at radius 3 is 2.18 bits per heavy atom. The van der Waals surface area contributed by atoms with Crippen molar-refractivity contribution >= 4 is 11.8 Å². The van der Waals surface area contributed by atoms with Crippen molar-refractivity contribution in [1.82, 2.24) is 0 Å². The number of methoxy groups -OCH3 is 2. The normalized spacial score (nSPS) is 10.0. The molecule has 0 aromatic heterocycles. The topological polar surface area (TPSA) is 18.5 Å². The molecule has 0 heterocycles. The van der Waals surface area contributed by atoms with Gasteiger partial charge in [0.05, 0.1) is 19.1 Å². The Morgan fingerprint density at radius 2 is 1.53 bits per heavy atom. The van der Waals surface area contributed by atoms with Crippen molar-refractivity contribution in [1.29, 1.82) is 0 Å². The van der Waals surface area contributed by atoms with Gasteiger partial charge in [0.1, 0.15) is 11.5 Å². The van der Waals surface area contributed by atoms with Crippen LogP contribution in [0.4, 0.5) is 0 Å². The van der Waals surface area contributed by atoms with E-state index in [1.807, 2.05) is 48.5 Å². The van der Waals surface area contributed by atoms with Gasteiger partial charge in [-0.05, 0) is 36.4 Å². The SMILES string of the molecule is COc1ccc(Sc2ccccc2OC)cc1. The van der Waals surface area contributed by atoms with Crippen molar-refractivity contribution < 1.29 is 9.47 Å². The minimum atomic E-state index is 0.870. The van der Waals surface area contributed by atoms with E-state index in [2.05, 4.69) is 0 Å². The van der Waals surface area contributed by atoms with Gasteiger partial charge in [-0.2, -0.15) is 0 Å². The molecule has 0 atom stereocenters. The van der Waals surface area contributed by atoms with Gasteiger partial charge in [0, 0.05) is 4.90 Å². The molecule has 0 aliphatic heterocycles. The molecule has 0 aliphatic carbocycles. The highest BCUT2D eigenvalue weighted by Gasteiger charge is 2.03. The molecule has 2 aromatic rings. The molecule has 0 N–H and O–H groups in total. The van der Waals surface area contributed by atoms with Gasteiger partial charge in [0.15, 0.2) is 0 Å². The standard InChI is InChI=1S/C14H14O2S/c1-15-11-7-9-12(10-8-11)17-14-6-4-3-5-13(14)16-2/h3-10H,1-2H3. The van der Waals surface area contributed by atoms with Crippen LogP contribution in [0.2, 0.25) is 0 Å². The molecule has 0 amide bonds. The Kier molecular flexibility index (Phi) is 3.94. The van der Waals surface area contributed by atoms with E-state index >= 15 is 0 Å². The molecule has 17 heavy (non-hydrogen) atoms. The largest absolute Gasteiger partial charge is 0.497 e. The van der Waals surface area contributed by atoms with Crippen molar-refractivity contribution in [3.05, 3.63) is 48.5 Å². The van der Waals surface area contributed by atoms with Crippen molar-refractivity contribution in [3.63, 3.8) is 0 Å². The van der Waals surface area contributed by atoms with E-state index in [4.69, 9.17) is 9.47 Å². The van der Waals surface area contributed by atoms with Crippen LogP contribution in [0.1, 0.15) is 0 Å². The van der Waals surface area contributed by atoms with Crippen LogP contribution in [-0.4, -0.2) is 14.2 Å². The van der Waals surface area contributed by atoms with Gasteiger partial charge in [-0.15, -0.1) is 0 Å². The van der Waals surface area contributed by atoms with Gasteiger partial charge in [-0.3, -0.25) is 0 Å². The van der Waals surface area contributed by atoms with Gasteiger partial charge in [-0.1, -0.05) is 23.9 Å². The molecular formula is C14H14O2S. The predicted molar refractivity (Wildman–Crippen MR) is 70.1 cm³/mol. The van der Waals surface area contributed by atoms with Crippen LogP contribution in [0.5, 0.6) is 11.5 Å². The number of rotatable bonds is 4. The van der Waals surface area contributed by atoms with Crippen LogP contribution in [0, 0.1) is 0 Å². The van der Waals surface area contributed by atoms with E-state index in [1.165, 1.54) is 0 Å². The summed E-state index contributed by atoms with van der Waals surface area (Å²) in [7, 11) is 3.36. The zero-order valence-electron chi connectivity index (χ0n) is 9.84. The first-order valence-electron chi connectivity index (χ1n) is 5.28. The first-order chi connectivity index (χ1) is 8.33. The van der Waals surface area contributed by atoms with E-state index in [9.17, 15) is 0 Å². The second-order valence-electron chi connectivity index (χ2n) is 3.43. The van der Waals surface area contributed by atoms with Crippen LogP contribution >= 0.6 is 11.8 Å². The van der Waals surface area contributed by atoms with E-state index in [0.29, 0.717) is 0 Å². The smallest absolute Gasteiger partial charge is 0.132 e. The lowest BCUT2D eigenvalue weighted by molar-refractivity contribution is 0.405. The van der Waals surface area contributed by atoms with Crippen molar-refractivity contribution in [3.8, 4) is 11.5 Å². The van der Waals surface area contributed by atoms with E-state index in [1.54, 1.807) is 26.0 Å². The maximum absolute atomic E-state index is 5.32. The Morgan fingerprint density at radius 1 is 0.824 bits per heavy atom. The monoisotopic (exact) mass is 246 g/mol. The summed E-state index contributed by atoms with van der Waals surface area (Å²) in [4.78, 5) is 2.27. The van der Waals surface area contributed by atoms with Gasteiger partial charge in [-0.25, -0.2) is 0 Å². The van der Waals surface area contributed by atoms with Gasteiger partial charge >= 0.3 is 0 Å². The average Bonchev–Trinajstić information content (AvgIpc) is 2.40. The summed E-state index contributed by atoms with van der Waals surface area (Å²) in [6.45, 7) is 0. The third kappa shape index (κ3) is 2.94. The first-order valence-corrected chi connectivity index (χ1v) is 6.10. The van der Waals surface area contributed by atoms with Crippen molar-refractivity contribution in [2.45, 2.75) is 9.79 Å². The minimum Gasteiger partial charge on any atom is -0.497 e. The maximum Gasteiger partial charge on any atom is 0.132 e. The Balaban J connectivity index is 2.19. The Labute approximate surface area is 106 Å². The second-order valence-corrected chi connectivity index (χ2v) is 4.54. The third-order valence-corrected chi connectivity index (χ3v) is 3.42. The molecule has 0 fully saturated rings. The molecule has 2 nitrogen and oxygen atoms in total. The van der Waals surface area contributed by atoms with Gasteiger partial charge in [0.25, 0.3) is 0 Å². The summed E-state index contributed by atoms with van der Waals surface area (Å²) in [5.41, 5.74) is 0. The van der Waals surface area contributed by atoms with Gasteiger partial charge < -0.3 is 9.47 Å². The van der Waals surface area contributed by atoms with Crippen LogP contribution in [0.3, 0.4) is 0 Å². The number of hydrogen-bond acceptors (Lipinski definition) is 3. The molecule has 0 unspecified atom stereocenters. The molecule has 0 spiro atoms. The van der Waals surface area contributed by atoms with E-state index in [0.717, 1.165) is 21.3 Å². The van der Waals surface area contributed by atoms with Crippen LogP contribution in [0.15, 0.2) is 58.3 Å². The fourth-order valence-electron chi connectivity index (χ4n) is 1.47.